The van der Waals surface area contributed by atoms with Gasteiger partial charge >= 0.3 is 0 Å². The molecule has 1 fully saturated rings. The minimum absolute atomic E-state index is 0.00645. The van der Waals surface area contributed by atoms with Crippen LogP contribution in [0.15, 0.2) is 48.7 Å². The van der Waals surface area contributed by atoms with Gasteiger partial charge in [0.15, 0.2) is 11.6 Å². The minimum atomic E-state index is -0.0404. The normalized spacial score (nSPS) is 13.8. The predicted octanol–water partition coefficient (Wildman–Crippen LogP) is 4.52. The van der Waals surface area contributed by atoms with E-state index in [1.165, 1.54) is 0 Å². The molecule has 138 valence electrons. The van der Waals surface area contributed by atoms with Crippen LogP contribution in [0.25, 0.3) is 33.4 Å². The molecule has 0 bridgehead atoms. The first-order valence-corrected chi connectivity index (χ1v) is 9.40. The van der Waals surface area contributed by atoms with Crippen LogP contribution in [0.4, 0.5) is 5.82 Å². The highest BCUT2D eigenvalue weighted by Gasteiger charge is 2.33. The lowest BCUT2D eigenvalue weighted by molar-refractivity contribution is 0.0963. The van der Waals surface area contributed by atoms with Crippen LogP contribution in [-0.4, -0.2) is 25.9 Å². The lowest BCUT2D eigenvalue weighted by Crippen LogP contribution is -2.12. The number of H-pyrrole nitrogens is 1. The number of rotatable bonds is 4. The molecule has 0 saturated heterocycles. The van der Waals surface area contributed by atoms with Crippen LogP contribution < -0.4 is 5.73 Å². The van der Waals surface area contributed by atoms with Crippen molar-refractivity contribution in [3.63, 3.8) is 0 Å². The van der Waals surface area contributed by atoms with Gasteiger partial charge in [-0.05, 0) is 25.0 Å². The summed E-state index contributed by atoms with van der Waals surface area (Å²) in [7, 11) is 0. The van der Waals surface area contributed by atoms with Gasteiger partial charge in [0.2, 0.25) is 0 Å². The van der Waals surface area contributed by atoms with Crippen molar-refractivity contribution in [2.24, 2.45) is 5.92 Å². The van der Waals surface area contributed by atoms with Gasteiger partial charge < -0.3 is 5.73 Å². The van der Waals surface area contributed by atoms with E-state index in [2.05, 4.69) is 20.2 Å². The fourth-order valence-corrected chi connectivity index (χ4v) is 3.59. The molecular formula is C21H16ClN5O. The Morgan fingerprint density at radius 1 is 1.07 bits per heavy atom. The Labute approximate surface area is 165 Å². The molecule has 4 aromatic rings. The fourth-order valence-electron chi connectivity index (χ4n) is 3.32. The molecule has 0 atom stereocenters. The number of hydrogen-bond donors (Lipinski definition) is 2. The van der Waals surface area contributed by atoms with Crippen molar-refractivity contribution in [3.8, 4) is 22.5 Å². The van der Waals surface area contributed by atoms with E-state index in [1.54, 1.807) is 12.3 Å². The van der Waals surface area contributed by atoms with Crippen molar-refractivity contribution in [1.82, 2.24) is 20.2 Å². The molecule has 2 aromatic carbocycles. The van der Waals surface area contributed by atoms with Crippen LogP contribution in [-0.2, 0) is 0 Å². The van der Waals surface area contributed by atoms with Gasteiger partial charge in [-0.2, -0.15) is 5.10 Å². The van der Waals surface area contributed by atoms with Gasteiger partial charge in [0, 0.05) is 22.4 Å². The second-order valence-electron chi connectivity index (χ2n) is 6.95. The molecule has 1 aliphatic rings. The van der Waals surface area contributed by atoms with Gasteiger partial charge in [-0.1, -0.05) is 41.9 Å². The highest BCUT2D eigenvalue weighted by Crippen LogP contribution is 2.37. The summed E-state index contributed by atoms with van der Waals surface area (Å²) in [6.45, 7) is 0. The van der Waals surface area contributed by atoms with E-state index in [-0.39, 0.29) is 23.2 Å². The van der Waals surface area contributed by atoms with Crippen LogP contribution in [0.5, 0.6) is 0 Å². The third-order valence-corrected chi connectivity index (χ3v) is 5.22. The SMILES string of the molecule is Nc1nc(-c2ccccc2)c(-c2cc(Cl)c3[nH]ncc3c2)nc1C(=O)C1CC1. The topological polar surface area (TPSA) is 97.6 Å². The van der Waals surface area contributed by atoms with Gasteiger partial charge in [-0.25, -0.2) is 9.97 Å². The Morgan fingerprint density at radius 2 is 1.82 bits per heavy atom. The van der Waals surface area contributed by atoms with E-state index < -0.39 is 0 Å². The lowest BCUT2D eigenvalue weighted by atomic mass is 10.0. The zero-order valence-electron chi connectivity index (χ0n) is 14.8. The van der Waals surface area contributed by atoms with Crippen molar-refractivity contribution in [1.29, 1.82) is 0 Å². The maximum atomic E-state index is 12.7. The minimum Gasteiger partial charge on any atom is -0.382 e. The summed E-state index contributed by atoms with van der Waals surface area (Å²) < 4.78 is 0. The van der Waals surface area contributed by atoms with E-state index >= 15 is 0 Å². The number of carbonyl (C=O) groups is 1. The van der Waals surface area contributed by atoms with Crippen molar-refractivity contribution in [2.45, 2.75) is 12.8 Å². The quantitative estimate of drug-likeness (QED) is 0.500. The summed E-state index contributed by atoms with van der Waals surface area (Å²) in [4.78, 5) is 21.9. The molecule has 1 saturated carbocycles. The third kappa shape index (κ3) is 2.82. The number of aromatic amines is 1. The van der Waals surface area contributed by atoms with E-state index in [9.17, 15) is 4.79 Å². The molecular weight excluding hydrogens is 374 g/mol. The standard InChI is InChI=1S/C21H16ClN5O/c22-15-9-13(8-14-10-24-27-16(14)15)18-17(11-4-2-1-3-5-11)26-21(23)19(25-18)20(28)12-6-7-12/h1-5,8-10,12H,6-7H2,(H2,23,26)(H,24,27). The number of nitrogen functional groups attached to an aromatic ring is 1. The number of ketones is 1. The van der Waals surface area contributed by atoms with Gasteiger partial charge in [0.1, 0.15) is 5.69 Å². The number of nitrogens with two attached hydrogens (primary N) is 1. The Morgan fingerprint density at radius 3 is 2.57 bits per heavy atom. The number of halogens is 1. The predicted molar refractivity (Wildman–Crippen MR) is 109 cm³/mol. The van der Waals surface area contributed by atoms with Crippen LogP contribution in [0.1, 0.15) is 23.3 Å². The summed E-state index contributed by atoms with van der Waals surface area (Å²) in [5, 5.41) is 8.31. The highest BCUT2D eigenvalue weighted by atomic mass is 35.5. The molecule has 0 amide bonds. The van der Waals surface area contributed by atoms with Crippen LogP contribution in [0, 0.1) is 5.92 Å². The molecule has 0 aliphatic heterocycles. The van der Waals surface area contributed by atoms with Gasteiger partial charge in [0.25, 0.3) is 0 Å². The Kier molecular flexibility index (Phi) is 3.87. The Bertz CT molecular complexity index is 1210. The largest absolute Gasteiger partial charge is 0.382 e. The maximum Gasteiger partial charge on any atom is 0.188 e. The van der Waals surface area contributed by atoms with E-state index in [0.717, 1.165) is 34.9 Å². The number of Topliss-reactive ketones (excluding diaryl/α,β-unsaturated/α-hetero) is 1. The lowest BCUT2D eigenvalue weighted by Gasteiger charge is -2.13. The number of nitrogens with one attached hydrogen (secondary N) is 1. The molecule has 2 aromatic heterocycles. The summed E-state index contributed by atoms with van der Waals surface area (Å²) >= 11 is 6.43. The van der Waals surface area contributed by atoms with E-state index in [4.69, 9.17) is 17.3 Å². The molecule has 5 rings (SSSR count). The van der Waals surface area contributed by atoms with Crippen molar-refractivity contribution in [2.75, 3.05) is 5.73 Å². The number of hydrogen-bond acceptors (Lipinski definition) is 5. The summed E-state index contributed by atoms with van der Waals surface area (Å²) in [5.41, 5.74) is 9.95. The average Bonchev–Trinajstić information content (AvgIpc) is 3.45. The fraction of sp³-hybridized carbons (Fsp3) is 0.143. The molecule has 2 heterocycles. The molecule has 6 nitrogen and oxygen atoms in total. The number of carbonyl (C=O) groups excluding carboxylic acids is 1. The average molecular weight is 390 g/mol. The Hall–Kier alpha value is -3.25. The van der Waals surface area contributed by atoms with Crippen LogP contribution >= 0.6 is 11.6 Å². The first-order valence-electron chi connectivity index (χ1n) is 9.02. The molecule has 1 aliphatic carbocycles. The molecule has 0 unspecified atom stereocenters. The molecule has 0 radical (unpaired) electrons. The van der Waals surface area contributed by atoms with E-state index in [1.807, 2.05) is 36.4 Å². The number of nitrogens with zero attached hydrogens (tertiary/aromatic N) is 3. The second kappa shape index (κ2) is 6.42. The molecule has 28 heavy (non-hydrogen) atoms. The summed E-state index contributed by atoms with van der Waals surface area (Å²) in [6, 6.07) is 13.4. The monoisotopic (exact) mass is 389 g/mol. The first-order chi connectivity index (χ1) is 13.6. The van der Waals surface area contributed by atoms with Crippen LogP contribution in [0.3, 0.4) is 0 Å². The molecule has 0 spiro atoms. The Balaban J connectivity index is 1.77. The van der Waals surface area contributed by atoms with Crippen molar-refractivity contribution in [3.05, 3.63) is 59.4 Å². The number of anilines is 1. The highest BCUT2D eigenvalue weighted by molar-refractivity contribution is 6.35. The van der Waals surface area contributed by atoms with Gasteiger partial charge in [-0.3, -0.25) is 9.89 Å². The molecule has 3 N–H and O–H groups in total. The van der Waals surface area contributed by atoms with Gasteiger partial charge in [-0.15, -0.1) is 0 Å². The first kappa shape index (κ1) is 16.9. The van der Waals surface area contributed by atoms with E-state index in [0.29, 0.717) is 16.4 Å². The smallest absolute Gasteiger partial charge is 0.188 e. The zero-order valence-corrected chi connectivity index (χ0v) is 15.6. The molecule has 7 heteroatoms. The number of aromatic nitrogens is 4. The number of fused-ring (bicyclic) bond motifs is 1. The second-order valence-corrected chi connectivity index (χ2v) is 7.36. The van der Waals surface area contributed by atoms with Crippen LogP contribution in [0.2, 0.25) is 5.02 Å². The third-order valence-electron chi connectivity index (χ3n) is 4.93. The summed E-state index contributed by atoms with van der Waals surface area (Å²) in [5.74, 6) is 0.128. The summed E-state index contributed by atoms with van der Waals surface area (Å²) in [6.07, 6.45) is 3.46. The van der Waals surface area contributed by atoms with Gasteiger partial charge in [0.05, 0.1) is 28.1 Å². The maximum absolute atomic E-state index is 12.7. The van der Waals surface area contributed by atoms with Crippen molar-refractivity contribution >= 4 is 34.1 Å². The van der Waals surface area contributed by atoms with Crippen molar-refractivity contribution < 1.29 is 4.79 Å². The zero-order chi connectivity index (χ0) is 19.3. The number of benzene rings is 2.